The van der Waals surface area contributed by atoms with E-state index in [4.69, 9.17) is 11.6 Å². The smallest absolute Gasteiger partial charge is 0.267 e. The van der Waals surface area contributed by atoms with E-state index in [9.17, 15) is 4.79 Å². The van der Waals surface area contributed by atoms with E-state index in [2.05, 4.69) is 15.5 Å². The highest BCUT2D eigenvalue weighted by molar-refractivity contribution is 6.34. The molecular weight excluding hydrogens is 262 g/mol. The molecule has 1 aromatic carbocycles. The zero-order chi connectivity index (χ0) is 13.7. The van der Waals surface area contributed by atoms with E-state index in [1.165, 1.54) is 0 Å². The molecule has 0 fully saturated rings. The van der Waals surface area contributed by atoms with Crippen molar-refractivity contribution in [1.82, 2.24) is 10.4 Å². The summed E-state index contributed by atoms with van der Waals surface area (Å²) in [6, 6.07) is 10.6. The first-order chi connectivity index (χ1) is 9.18. The topological polar surface area (TPSA) is 54.4 Å². The van der Waals surface area contributed by atoms with Crippen molar-refractivity contribution in [2.75, 3.05) is 0 Å². The summed E-state index contributed by atoms with van der Waals surface area (Å²) in [5, 5.41) is 4.64. The van der Waals surface area contributed by atoms with Crippen molar-refractivity contribution in [3.05, 3.63) is 64.9 Å². The van der Waals surface area contributed by atoms with Crippen molar-refractivity contribution in [3.63, 3.8) is 0 Å². The van der Waals surface area contributed by atoms with Crippen LogP contribution in [-0.2, 0) is 0 Å². The highest BCUT2D eigenvalue weighted by Crippen LogP contribution is 2.15. The number of halogens is 1. The number of carbonyl (C=O) groups excluding carboxylic acids is 1. The lowest BCUT2D eigenvalue weighted by Crippen LogP contribution is -2.19. The summed E-state index contributed by atoms with van der Waals surface area (Å²) in [5.41, 5.74) is 4.43. The number of amides is 1. The minimum Gasteiger partial charge on any atom is -0.267 e. The number of hydrazone groups is 1. The molecule has 1 heterocycles. The summed E-state index contributed by atoms with van der Waals surface area (Å²) >= 11 is 6.05. The molecule has 0 bridgehead atoms. The van der Waals surface area contributed by atoms with Gasteiger partial charge in [-0.3, -0.25) is 9.78 Å². The molecule has 0 saturated heterocycles. The molecule has 0 atom stereocenters. The van der Waals surface area contributed by atoms with Crippen LogP contribution in [-0.4, -0.2) is 16.6 Å². The molecule has 96 valence electrons. The SMILES string of the molecule is C/C(=N\NC(=O)c1ccncc1)c1ccccc1Cl. The Balaban J connectivity index is 2.11. The molecule has 1 aromatic heterocycles. The van der Waals surface area contributed by atoms with Crippen molar-refractivity contribution in [3.8, 4) is 0 Å². The number of carbonyl (C=O) groups is 1. The maximum absolute atomic E-state index is 11.8. The monoisotopic (exact) mass is 273 g/mol. The van der Waals surface area contributed by atoms with Gasteiger partial charge in [0.05, 0.1) is 5.71 Å². The fourth-order valence-electron chi connectivity index (χ4n) is 1.52. The molecule has 5 heteroatoms. The Morgan fingerprint density at radius 3 is 2.58 bits per heavy atom. The van der Waals surface area contributed by atoms with E-state index in [-0.39, 0.29) is 5.91 Å². The van der Waals surface area contributed by atoms with Gasteiger partial charge in [0, 0.05) is 28.5 Å². The van der Waals surface area contributed by atoms with Crippen molar-refractivity contribution in [2.24, 2.45) is 5.10 Å². The first-order valence-electron chi connectivity index (χ1n) is 5.68. The third kappa shape index (κ3) is 3.39. The number of nitrogens with one attached hydrogen (secondary N) is 1. The van der Waals surface area contributed by atoms with Gasteiger partial charge in [-0.1, -0.05) is 29.8 Å². The molecule has 1 N–H and O–H groups in total. The first kappa shape index (κ1) is 13.2. The van der Waals surface area contributed by atoms with E-state index >= 15 is 0 Å². The molecule has 4 nitrogen and oxygen atoms in total. The number of pyridine rings is 1. The van der Waals surface area contributed by atoms with E-state index in [1.807, 2.05) is 18.2 Å². The summed E-state index contributed by atoms with van der Waals surface area (Å²) in [7, 11) is 0. The lowest BCUT2D eigenvalue weighted by Gasteiger charge is -2.04. The quantitative estimate of drug-likeness (QED) is 0.690. The molecule has 0 spiro atoms. The van der Waals surface area contributed by atoms with Crippen LogP contribution in [0, 0.1) is 0 Å². The summed E-state index contributed by atoms with van der Waals surface area (Å²) in [6.07, 6.45) is 3.11. The first-order valence-corrected chi connectivity index (χ1v) is 6.06. The molecule has 0 radical (unpaired) electrons. The molecule has 2 rings (SSSR count). The van der Waals surface area contributed by atoms with Crippen LogP contribution >= 0.6 is 11.6 Å². The average molecular weight is 274 g/mol. The van der Waals surface area contributed by atoms with E-state index in [1.54, 1.807) is 37.5 Å². The largest absolute Gasteiger partial charge is 0.271 e. The van der Waals surface area contributed by atoms with Crippen molar-refractivity contribution >= 4 is 23.2 Å². The lowest BCUT2D eigenvalue weighted by molar-refractivity contribution is 0.0954. The summed E-state index contributed by atoms with van der Waals surface area (Å²) in [5.74, 6) is -0.284. The predicted molar refractivity (Wildman–Crippen MR) is 75.4 cm³/mol. The zero-order valence-electron chi connectivity index (χ0n) is 10.3. The van der Waals surface area contributed by atoms with Gasteiger partial charge in [0.2, 0.25) is 0 Å². The molecule has 0 aliphatic heterocycles. The second-order valence-electron chi connectivity index (χ2n) is 3.85. The normalized spacial score (nSPS) is 11.2. The molecule has 0 saturated carbocycles. The van der Waals surface area contributed by atoms with Gasteiger partial charge in [0.25, 0.3) is 5.91 Å². The zero-order valence-corrected chi connectivity index (χ0v) is 11.1. The van der Waals surface area contributed by atoms with Crippen LogP contribution in [0.15, 0.2) is 53.9 Å². The molecule has 19 heavy (non-hydrogen) atoms. The standard InChI is InChI=1S/C14H12ClN3O/c1-10(12-4-2-3-5-13(12)15)17-18-14(19)11-6-8-16-9-7-11/h2-9H,1H3,(H,18,19)/b17-10+. The fourth-order valence-corrected chi connectivity index (χ4v) is 1.79. The van der Waals surface area contributed by atoms with Crippen LogP contribution in [0.5, 0.6) is 0 Å². The molecule has 1 amide bonds. The Morgan fingerprint density at radius 1 is 1.21 bits per heavy atom. The van der Waals surface area contributed by atoms with Crippen LogP contribution in [0.25, 0.3) is 0 Å². The third-order valence-corrected chi connectivity index (χ3v) is 2.86. The lowest BCUT2D eigenvalue weighted by atomic mass is 10.1. The van der Waals surface area contributed by atoms with E-state index < -0.39 is 0 Å². The Bertz CT molecular complexity index is 611. The van der Waals surface area contributed by atoms with Gasteiger partial charge >= 0.3 is 0 Å². The highest BCUT2D eigenvalue weighted by atomic mass is 35.5. The second kappa shape index (κ2) is 6.11. The molecule has 0 aliphatic rings. The van der Waals surface area contributed by atoms with Gasteiger partial charge in [-0.2, -0.15) is 5.10 Å². The number of nitrogens with zero attached hydrogens (tertiary/aromatic N) is 2. The number of rotatable bonds is 3. The van der Waals surface area contributed by atoms with Crippen molar-refractivity contribution < 1.29 is 4.79 Å². The van der Waals surface area contributed by atoms with Crippen LogP contribution in [0.4, 0.5) is 0 Å². The van der Waals surface area contributed by atoms with Crippen molar-refractivity contribution in [1.29, 1.82) is 0 Å². The predicted octanol–water partition coefficient (Wildman–Crippen LogP) is 2.89. The maximum Gasteiger partial charge on any atom is 0.271 e. The molecule has 2 aromatic rings. The number of aromatic nitrogens is 1. The minimum atomic E-state index is -0.284. The third-order valence-electron chi connectivity index (χ3n) is 2.53. The van der Waals surface area contributed by atoms with Crippen LogP contribution in [0.3, 0.4) is 0 Å². The van der Waals surface area contributed by atoms with Crippen LogP contribution in [0.2, 0.25) is 5.02 Å². The average Bonchev–Trinajstić information content (AvgIpc) is 2.46. The van der Waals surface area contributed by atoms with E-state index in [0.717, 1.165) is 5.56 Å². The van der Waals surface area contributed by atoms with Gasteiger partial charge in [-0.05, 0) is 25.1 Å². The highest BCUT2D eigenvalue weighted by Gasteiger charge is 2.05. The Hall–Kier alpha value is -2.20. The van der Waals surface area contributed by atoms with E-state index in [0.29, 0.717) is 16.3 Å². The van der Waals surface area contributed by atoms with Crippen molar-refractivity contribution in [2.45, 2.75) is 6.92 Å². The number of hydrogen-bond acceptors (Lipinski definition) is 3. The van der Waals surface area contributed by atoms with Crippen LogP contribution < -0.4 is 5.43 Å². The van der Waals surface area contributed by atoms with Gasteiger partial charge < -0.3 is 0 Å². The summed E-state index contributed by atoms with van der Waals surface area (Å²) in [4.78, 5) is 15.6. The van der Waals surface area contributed by atoms with Gasteiger partial charge in [0.15, 0.2) is 0 Å². The number of hydrogen-bond donors (Lipinski definition) is 1. The summed E-state index contributed by atoms with van der Waals surface area (Å²) < 4.78 is 0. The fraction of sp³-hybridized carbons (Fsp3) is 0.0714. The van der Waals surface area contributed by atoms with Gasteiger partial charge in [0.1, 0.15) is 0 Å². The minimum absolute atomic E-state index is 0.284. The number of benzene rings is 1. The Labute approximate surface area is 116 Å². The molecule has 0 unspecified atom stereocenters. The summed E-state index contributed by atoms with van der Waals surface area (Å²) in [6.45, 7) is 1.79. The van der Waals surface area contributed by atoms with Crippen LogP contribution in [0.1, 0.15) is 22.8 Å². The second-order valence-corrected chi connectivity index (χ2v) is 4.26. The Morgan fingerprint density at radius 2 is 1.89 bits per heavy atom. The molecule has 0 aliphatic carbocycles. The Kier molecular flexibility index (Phi) is 4.26. The maximum atomic E-state index is 11.8. The van der Waals surface area contributed by atoms with Gasteiger partial charge in [-0.25, -0.2) is 5.43 Å². The molecular formula is C14H12ClN3O. The van der Waals surface area contributed by atoms with Gasteiger partial charge in [-0.15, -0.1) is 0 Å².